The number of halogens is 2. The Bertz CT molecular complexity index is 436. The number of furan rings is 1. The Hall–Kier alpha value is -0.730. The van der Waals surface area contributed by atoms with Crippen molar-refractivity contribution in [3.05, 3.63) is 28.2 Å². The van der Waals surface area contributed by atoms with Crippen molar-refractivity contribution in [2.24, 2.45) is 0 Å². The Morgan fingerprint density at radius 2 is 2.17 bits per heavy atom. The summed E-state index contributed by atoms with van der Waals surface area (Å²) in [6, 6.07) is 1.78. The van der Waals surface area contributed by atoms with Crippen LogP contribution in [0.5, 0.6) is 0 Å². The summed E-state index contributed by atoms with van der Waals surface area (Å²) in [6.07, 6.45) is 1.68. The lowest BCUT2D eigenvalue weighted by Gasteiger charge is -1.90. The van der Waals surface area contributed by atoms with Gasteiger partial charge in [-0.1, -0.05) is 11.6 Å². The van der Waals surface area contributed by atoms with E-state index < -0.39 is 0 Å². The van der Waals surface area contributed by atoms with Crippen LogP contribution >= 0.6 is 23.2 Å². The normalized spacial score (nSPS) is 10.9. The molecular weight excluding hydrogens is 197 g/mol. The Morgan fingerprint density at radius 1 is 1.42 bits per heavy atom. The fraction of sp³-hybridized carbons (Fsp3) is 0.125. The van der Waals surface area contributed by atoms with Crippen molar-refractivity contribution in [2.75, 3.05) is 0 Å². The monoisotopic (exact) mass is 201 g/mol. The van der Waals surface area contributed by atoms with Crippen molar-refractivity contribution in [1.82, 2.24) is 4.98 Å². The Labute approximate surface area is 79.1 Å². The lowest BCUT2D eigenvalue weighted by molar-refractivity contribution is 0.613. The van der Waals surface area contributed by atoms with E-state index in [2.05, 4.69) is 4.98 Å². The van der Waals surface area contributed by atoms with Crippen LogP contribution in [0.2, 0.25) is 10.2 Å². The van der Waals surface area contributed by atoms with Gasteiger partial charge in [0.2, 0.25) is 5.22 Å². The lowest BCUT2D eigenvalue weighted by Crippen LogP contribution is -1.77. The molecule has 2 aromatic heterocycles. The molecule has 0 radical (unpaired) electrons. The molecule has 0 saturated heterocycles. The highest BCUT2D eigenvalue weighted by Gasteiger charge is 2.11. The second-order valence-corrected chi connectivity index (χ2v) is 3.18. The van der Waals surface area contributed by atoms with E-state index in [1.54, 1.807) is 12.3 Å². The van der Waals surface area contributed by atoms with Gasteiger partial charge < -0.3 is 4.42 Å². The number of aromatic nitrogens is 1. The van der Waals surface area contributed by atoms with Crippen LogP contribution in [-0.4, -0.2) is 4.98 Å². The summed E-state index contributed by atoms with van der Waals surface area (Å²) in [7, 11) is 0. The summed E-state index contributed by atoms with van der Waals surface area (Å²) in [5.41, 5.74) is 1.45. The highest BCUT2D eigenvalue weighted by Crippen LogP contribution is 2.34. The zero-order valence-electron chi connectivity index (χ0n) is 6.27. The highest BCUT2D eigenvalue weighted by molar-refractivity contribution is 6.44. The predicted octanol–water partition coefficient (Wildman–Crippen LogP) is 3.44. The number of fused-ring (bicyclic) bond motifs is 1. The Balaban J connectivity index is 2.95. The molecule has 2 nitrogen and oxygen atoms in total. The van der Waals surface area contributed by atoms with Gasteiger partial charge in [-0.05, 0) is 24.6 Å². The topological polar surface area (TPSA) is 26.0 Å². The number of nitrogens with zero attached hydrogens (tertiary/aromatic N) is 1. The third-order valence-corrected chi connectivity index (χ3v) is 2.42. The van der Waals surface area contributed by atoms with Gasteiger partial charge in [0.25, 0.3) is 0 Å². The molecule has 0 aliphatic carbocycles. The molecule has 0 atom stereocenters. The molecule has 0 spiro atoms. The summed E-state index contributed by atoms with van der Waals surface area (Å²) in [6.45, 7) is 1.85. The predicted molar refractivity (Wildman–Crippen MR) is 48.8 cm³/mol. The van der Waals surface area contributed by atoms with E-state index >= 15 is 0 Å². The molecule has 0 fully saturated rings. The van der Waals surface area contributed by atoms with Gasteiger partial charge in [0, 0.05) is 11.6 Å². The summed E-state index contributed by atoms with van der Waals surface area (Å²) in [5, 5.41) is 1.49. The van der Waals surface area contributed by atoms with Crippen molar-refractivity contribution in [3.8, 4) is 0 Å². The zero-order valence-corrected chi connectivity index (χ0v) is 7.78. The van der Waals surface area contributed by atoms with E-state index in [4.69, 9.17) is 27.6 Å². The molecule has 0 saturated carbocycles. The van der Waals surface area contributed by atoms with Crippen molar-refractivity contribution in [1.29, 1.82) is 0 Å². The quantitative estimate of drug-likeness (QED) is 0.653. The maximum atomic E-state index is 5.86. The van der Waals surface area contributed by atoms with E-state index in [9.17, 15) is 0 Å². The van der Waals surface area contributed by atoms with Crippen LogP contribution in [-0.2, 0) is 0 Å². The van der Waals surface area contributed by atoms with Gasteiger partial charge in [-0.15, -0.1) is 0 Å². The van der Waals surface area contributed by atoms with E-state index in [0.29, 0.717) is 10.6 Å². The van der Waals surface area contributed by atoms with Gasteiger partial charge in [-0.25, -0.2) is 0 Å². The molecule has 0 aliphatic rings. The summed E-state index contributed by atoms with van der Waals surface area (Å²) >= 11 is 11.6. The number of pyridine rings is 1. The van der Waals surface area contributed by atoms with Crippen molar-refractivity contribution in [3.63, 3.8) is 0 Å². The van der Waals surface area contributed by atoms with Crippen molar-refractivity contribution < 1.29 is 4.42 Å². The molecule has 0 bridgehead atoms. The second kappa shape index (κ2) is 2.64. The van der Waals surface area contributed by atoms with Gasteiger partial charge in [-0.2, -0.15) is 0 Å². The van der Waals surface area contributed by atoms with E-state index in [1.165, 1.54) is 0 Å². The lowest BCUT2D eigenvalue weighted by atomic mass is 10.3. The standard InChI is InChI=1S/C8H5Cl2NO/c1-4-7-5(2-3-11-4)6(9)8(10)12-7/h2-3H,1H3. The largest absolute Gasteiger partial charge is 0.441 e. The maximum Gasteiger partial charge on any atom is 0.213 e. The van der Waals surface area contributed by atoms with Gasteiger partial charge in [0.15, 0.2) is 5.58 Å². The molecule has 2 heterocycles. The first-order valence-corrected chi connectivity index (χ1v) is 4.15. The minimum atomic E-state index is 0.225. The minimum Gasteiger partial charge on any atom is -0.441 e. The van der Waals surface area contributed by atoms with Crippen LogP contribution < -0.4 is 0 Å². The van der Waals surface area contributed by atoms with Crippen LogP contribution in [0.3, 0.4) is 0 Å². The molecular formula is C8H5Cl2NO. The molecule has 4 heteroatoms. The molecule has 0 aliphatic heterocycles. The average molecular weight is 202 g/mol. The highest BCUT2D eigenvalue weighted by atomic mass is 35.5. The van der Waals surface area contributed by atoms with E-state index in [-0.39, 0.29) is 5.22 Å². The van der Waals surface area contributed by atoms with Crippen LogP contribution in [0, 0.1) is 6.92 Å². The van der Waals surface area contributed by atoms with Crippen LogP contribution in [0.4, 0.5) is 0 Å². The second-order valence-electron chi connectivity index (χ2n) is 2.46. The van der Waals surface area contributed by atoms with Crippen molar-refractivity contribution >= 4 is 34.2 Å². The first-order chi connectivity index (χ1) is 5.70. The number of hydrogen-bond acceptors (Lipinski definition) is 2. The van der Waals surface area contributed by atoms with Crippen molar-refractivity contribution in [2.45, 2.75) is 6.92 Å². The Morgan fingerprint density at radius 3 is 2.83 bits per heavy atom. The first kappa shape index (κ1) is 7.90. The summed E-state index contributed by atoms with van der Waals surface area (Å²) in [5.74, 6) is 0. The van der Waals surface area contributed by atoms with E-state index in [0.717, 1.165) is 11.1 Å². The molecule has 0 aromatic carbocycles. The molecule has 0 unspecified atom stereocenters. The van der Waals surface area contributed by atoms with Crippen LogP contribution in [0.25, 0.3) is 11.0 Å². The summed E-state index contributed by atoms with van der Waals surface area (Å²) < 4.78 is 5.20. The molecule has 0 N–H and O–H groups in total. The molecule has 2 rings (SSSR count). The zero-order chi connectivity index (χ0) is 8.72. The first-order valence-electron chi connectivity index (χ1n) is 3.39. The summed E-state index contributed by atoms with van der Waals surface area (Å²) in [4.78, 5) is 4.05. The minimum absolute atomic E-state index is 0.225. The fourth-order valence-corrected chi connectivity index (χ4v) is 1.46. The average Bonchev–Trinajstić information content (AvgIpc) is 2.32. The fourth-order valence-electron chi connectivity index (χ4n) is 1.09. The van der Waals surface area contributed by atoms with Gasteiger partial charge >= 0.3 is 0 Å². The van der Waals surface area contributed by atoms with Crippen LogP contribution in [0.15, 0.2) is 16.7 Å². The van der Waals surface area contributed by atoms with Crippen LogP contribution in [0.1, 0.15) is 5.69 Å². The molecule has 0 amide bonds. The molecule has 62 valence electrons. The third kappa shape index (κ3) is 0.993. The van der Waals surface area contributed by atoms with Gasteiger partial charge in [0.1, 0.15) is 5.02 Å². The SMILES string of the molecule is Cc1nccc2c(Cl)c(Cl)oc12. The van der Waals surface area contributed by atoms with E-state index in [1.807, 2.05) is 6.92 Å². The number of rotatable bonds is 0. The molecule has 2 aromatic rings. The maximum absolute atomic E-state index is 5.86. The third-order valence-electron chi connectivity index (χ3n) is 1.68. The number of hydrogen-bond donors (Lipinski definition) is 0. The Kier molecular flexibility index (Phi) is 1.74. The number of aryl methyl sites for hydroxylation is 1. The molecule has 12 heavy (non-hydrogen) atoms. The van der Waals surface area contributed by atoms with Gasteiger partial charge in [-0.3, -0.25) is 4.98 Å². The van der Waals surface area contributed by atoms with Gasteiger partial charge in [0.05, 0.1) is 5.69 Å². The smallest absolute Gasteiger partial charge is 0.213 e.